The molecular weight excluding hydrogens is 382 g/mol. The van der Waals surface area contributed by atoms with Crippen LogP contribution in [0.3, 0.4) is 0 Å². The van der Waals surface area contributed by atoms with Crippen molar-refractivity contribution in [2.45, 2.75) is 38.5 Å². The van der Waals surface area contributed by atoms with Gasteiger partial charge in [-0.1, -0.05) is 67.6 Å². The minimum absolute atomic E-state index is 0.0349. The molecule has 31 heavy (non-hydrogen) atoms. The van der Waals surface area contributed by atoms with E-state index in [9.17, 15) is 10.1 Å². The van der Waals surface area contributed by atoms with Crippen LogP contribution in [-0.4, -0.2) is 15.8 Å². The molecule has 2 aliphatic carbocycles. The van der Waals surface area contributed by atoms with Crippen LogP contribution in [-0.2, 0) is 11.2 Å². The van der Waals surface area contributed by atoms with Gasteiger partial charge in [0.15, 0.2) is 5.78 Å². The molecule has 1 unspecified atom stereocenters. The van der Waals surface area contributed by atoms with Crippen molar-refractivity contribution in [3.05, 3.63) is 83.3 Å². The van der Waals surface area contributed by atoms with Gasteiger partial charge in [0.25, 0.3) is 0 Å². The Kier molecular flexibility index (Phi) is 4.90. The average Bonchev–Trinajstić information content (AvgIpc) is 2.81. The largest absolute Gasteiger partial charge is 0.298 e. The Morgan fingerprint density at radius 1 is 0.968 bits per heavy atom. The van der Waals surface area contributed by atoms with Gasteiger partial charge in [-0.05, 0) is 31.2 Å². The zero-order valence-corrected chi connectivity index (χ0v) is 17.8. The van der Waals surface area contributed by atoms with E-state index in [4.69, 9.17) is 9.97 Å². The van der Waals surface area contributed by atoms with Crippen LogP contribution < -0.4 is 0 Å². The van der Waals surface area contributed by atoms with Gasteiger partial charge in [-0.3, -0.25) is 4.79 Å². The summed E-state index contributed by atoms with van der Waals surface area (Å²) in [4.78, 5) is 23.0. The fourth-order valence-electron chi connectivity index (χ4n) is 5.76. The van der Waals surface area contributed by atoms with Crippen molar-refractivity contribution in [2.75, 3.05) is 0 Å². The summed E-state index contributed by atoms with van der Waals surface area (Å²) in [5.74, 6) is 0.0637. The summed E-state index contributed by atoms with van der Waals surface area (Å²) in [6.07, 6.45) is 1.77. The number of hydrogen-bond donors (Lipinski definition) is 0. The summed E-state index contributed by atoms with van der Waals surface area (Å²) >= 11 is 0. The van der Waals surface area contributed by atoms with E-state index in [0.717, 1.165) is 41.2 Å². The van der Waals surface area contributed by atoms with Crippen molar-refractivity contribution in [3.63, 3.8) is 0 Å². The standard InChI is InChI=1S/C27H25N3O/c1-16-20-13-14-21-25(19-11-7-4-8-12-19)29-17(2)30-26(21)24(20)23(22(15-28)27(16)31)18-9-5-3-6-10-18/h3-12,16,20,22-24H,13-14H2,1-2H3/t16-,20+,22?,23-,24+/m0/s1. The van der Waals surface area contributed by atoms with Gasteiger partial charge in [0.1, 0.15) is 11.7 Å². The van der Waals surface area contributed by atoms with Crippen LogP contribution in [0.2, 0.25) is 0 Å². The summed E-state index contributed by atoms with van der Waals surface area (Å²) in [6, 6.07) is 22.7. The molecule has 2 aliphatic rings. The lowest BCUT2D eigenvalue weighted by Crippen LogP contribution is -2.45. The van der Waals surface area contributed by atoms with Gasteiger partial charge in [-0.25, -0.2) is 9.97 Å². The van der Waals surface area contributed by atoms with Gasteiger partial charge in [0.05, 0.1) is 17.5 Å². The number of aryl methyl sites for hydroxylation is 1. The van der Waals surface area contributed by atoms with E-state index in [1.54, 1.807) is 0 Å². The highest BCUT2D eigenvalue weighted by molar-refractivity contribution is 5.88. The molecule has 0 aliphatic heterocycles. The van der Waals surface area contributed by atoms with Crippen molar-refractivity contribution in [1.29, 1.82) is 5.26 Å². The first kappa shape index (κ1) is 19.6. The molecule has 5 atom stereocenters. The van der Waals surface area contributed by atoms with E-state index in [1.165, 1.54) is 5.56 Å². The molecule has 0 radical (unpaired) electrons. The fraction of sp³-hybridized carbons (Fsp3) is 0.333. The van der Waals surface area contributed by atoms with Crippen molar-refractivity contribution >= 4 is 5.78 Å². The molecule has 0 saturated heterocycles. The molecule has 0 N–H and O–H groups in total. The highest BCUT2D eigenvalue weighted by Gasteiger charge is 2.52. The number of rotatable bonds is 2. The van der Waals surface area contributed by atoms with Crippen molar-refractivity contribution < 1.29 is 4.79 Å². The molecule has 5 rings (SSSR count). The van der Waals surface area contributed by atoms with Gasteiger partial charge in [-0.2, -0.15) is 5.26 Å². The number of benzene rings is 2. The second-order valence-corrected chi connectivity index (χ2v) is 8.81. The average molecular weight is 408 g/mol. The van der Waals surface area contributed by atoms with Crippen LogP contribution in [0.15, 0.2) is 60.7 Å². The maximum atomic E-state index is 13.2. The molecule has 3 aromatic rings. The summed E-state index contributed by atoms with van der Waals surface area (Å²) in [5.41, 5.74) is 5.35. The number of hydrogen-bond acceptors (Lipinski definition) is 4. The van der Waals surface area contributed by atoms with Crippen LogP contribution in [0.4, 0.5) is 0 Å². The minimum Gasteiger partial charge on any atom is -0.298 e. The van der Waals surface area contributed by atoms with Crippen LogP contribution in [0.25, 0.3) is 11.3 Å². The second kappa shape index (κ2) is 7.74. The number of Topliss-reactive ketones (excluding diaryl/α,β-unsaturated/α-hetero) is 1. The van der Waals surface area contributed by atoms with Crippen LogP contribution in [0.5, 0.6) is 0 Å². The lowest BCUT2D eigenvalue weighted by atomic mass is 9.55. The lowest BCUT2D eigenvalue weighted by Gasteiger charge is -2.46. The van der Waals surface area contributed by atoms with E-state index in [0.29, 0.717) is 0 Å². The van der Waals surface area contributed by atoms with Crippen molar-refractivity contribution in [2.24, 2.45) is 17.8 Å². The number of carbonyl (C=O) groups is 1. The lowest BCUT2D eigenvalue weighted by molar-refractivity contribution is -0.130. The topological polar surface area (TPSA) is 66.6 Å². The van der Waals surface area contributed by atoms with Gasteiger partial charge in [-0.15, -0.1) is 0 Å². The zero-order chi connectivity index (χ0) is 21.5. The van der Waals surface area contributed by atoms with Gasteiger partial charge >= 0.3 is 0 Å². The number of fused-ring (bicyclic) bond motifs is 3. The van der Waals surface area contributed by atoms with Gasteiger partial charge in [0.2, 0.25) is 0 Å². The van der Waals surface area contributed by atoms with Crippen molar-refractivity contribution in [1.82, 2.24) is 9.97 Å². The summed E-state index contributed by atoms with van der Waals surface area (Å²) < 4.78 is 0. The number of ketones is 1. The zero-order valence-electron chi connectivity index (χ0n) is 17.8. The third kappa shape index (κ3) is 3.16. The molecule has 0 amide bonds. The van der Waals surface area contributed by atoms with E-state index >= 15 is 0 Å². The minimum atomic E-state index is -0.653. The van der Waals surface area contributed by atoms with Gasteiger partial charge in [0, 0.05) is 28.9 Å². The highest BCUT2D eigenvalue weighted by atomic mass is 16.1. The van der Waals surface area contributed by atoms with E-state index in [1.807, 2.05) is 50.2 Å². The molecule has 0 bridgehead atoms. The Balaban J connectivity index is 1.74. The smallest absolute Gasteiger partial charge is 0.153 e. The SMILES string of the molecule is Cc1nc(-c2ccccc2)c2c(n1)[C@@H]1[C@H](CC2)[C@H](C)C(=O)C(C#N)[C@@H]1c1ccccc1. The number of carbonyl (C=O) groups excluding carboxylic acids is 1. The normalized spacial score (nSPS) is 27.1. The maximum Gasteiger partial charge on any atom is 0.153 e. The second-order valence-electron chi connectivity index (χ2n) is 8.81. The monoisotopic (exact) mass is 407 g/mol. The van der Waals surface area contributed by atoms with Crippen molar-refractivity contribution in [3.8, 4) is 17.3 Å². The quantitative estimate of drug-likeness (QED) is 0.583. The Bertz CT molecular complexity index is 1170. The molecule has 0 spiro atoms. The summed E-state index contributed by atoms with van der Waals surface area (Å²) in [7, 11) is 0. The Hall–Kier alpha value is -3.32. The molecule has 1 aromatic heterocycles. The molecule has 154 valence electrons. The third-order valence-electron chi connectivity index (χ3n) is 7.17. The highest BCUT2D eigenvalue weighted by Crippen LogP contribution is 2.55. The molecule has 1 fully saturated rings. The number of aromatic nitrogens is 2. The predicted molar refractivity (Wildman–Crippen MR) is 119 cm³/mol. The first-order chi connectivity index (χ1) is 15.1. The maximum absolute atomic E-state index is 13.2. The molecule has 1 heterocycles. The van der Waals surface area contributed by atoms with E-state index in [2.05, 4.69) is 30.3 Å². The van der Waals surface area contributed by atoms with Crippen LogP contribution in [0.1, 0.15) is 47.8 Å². The molecule has 4 heteroatoms. The fourth-order valence-corrected chi connectivity index (χ4v) is 5.76. The molecule has 2 aromatic carbocycles. The predicted octanol–water partition coefficient (Wildman–Crippen LogP) is 5.24. The first-order valence-corrected chi connectivity index (χ1v) is 11.0. The number of nitriles is 1. The summed E-state index contributed by atoms with van der Waals surface area (Å²) in [6.45, 7) is 3.94. The van der Waals surface area contributed by atoms with Crippen LogP contribution >= 0.6 is 0 Å². The van der Waals surface area contributed by atoms with Gasteiger partial charge < -0.3 is 0 Å². The molecule has 1 saturated carbocycles. The Labute approximate surface area is 183 Å². The van der Waals surface area contributed by atoms with Crippen LogP contribution in [0, 0.1) is 36.0 Å². The molecule has 4 nitrogen and oxygen atoms in total. The Morgan fingerprint density at radius 3 is 2.32 bits per heavy atom. The van der Waals surface area contributed by atoms with E-state index < -0.39 is 5.92 Å². The molecular formula is C27H25N3O. The Morgan fingerprint density at radius 2 is 1.65 bits per heavy atom. The third-order valence-corrected chi connectivity index (χ3v) is 7.17. The first-order valence-electron chi connectivity index (χ1n) is 11.0. The summed E-state index contributed by atoms with van der Waals surface area (Å²) in [5, 5.41) is 10.0. The van der Waals surface area contributed by atoms with E-state index in [-0.39, 0.29) is 29.5 Å². The number of nitrogens with zero attached hydrogens (tertiary/aromatic N) is 3.